The van der Waals surface area contributed by atoms with E-state index < -0.39 is 0 Å². The highest BCUT2D eigenvalue weighted by Crippen LogP contribution is 2.23. The normalized spacial score (nSPS) is 9.92. The monoisotopic (exact) mass is 321 g/mol. The minimum atomic E-state index is -0.318. The van der Waals surface area contributed by atoms with Gasteiger partial charge in [-0.25, -0.2) is 0 Å². The van der Waals surface area contributed by atoms with E-state index in [0.29, 0.717) is 11.3 Å². The number of nitriles is 1. The summed E-state index contributed by atoms with van der Waals surface area (Å²) in [5.41, 5.74) is 3.74. The second kappa shape index (κ2) is 7.42. The molecule has 2 rings (SSSR count). The molecule has 1 N–H and O–H groups in total. The lowest BCUT2D eigenvalue weighted by Gasteiger charge is -2.23. The van der Waals surface area contributed by atoms with E-state index in [4.69, 9.17) is 5.26 Å². The quantitative estimate of drug-likeness (QED) is 0.940. The number of rotatable bonds is 4. The van der Waals surface area contributed by atoms with E-state index in [2.05, 4.69) is 5.32 Å². The average Bonchev–Trinajstić information content (AvgIpc) is 2.55. The summed E-state index contributed by atoms with van der Waals surface area (Å²) in [5.74, 6) is -0.522. The van der Waals surface area contributed by atoms with Gasteiger partial charge in [0, 0.05) is 18.3 Å². The third-order valence-corrected chi connectivity index (χ3v) is 3.82. The first-order valence-electron chi connectivity index (χ1n) is 7.56. The molecule has 5 heteroatoms. The molecule has 0 saturated heterocycles. The first kappa shape index (κ1) is 17.2. The van der Waals surface area contributed by atoms with E-state index in [9.17, 15) is 9.59 Å². The molecule has 0 saturated carbocycles. The fraction of sp³-hybridized carbons (Fsp3) is 0.211. The molecule has 122 valence electrons. The summed E-state index contributed by atoms with van der Waals surface area (Å²) in [4.78, 5) is 25.8. The van der Waals surface area contributed by atoms with Crippen molar-refractivity contribution in [3.8, 4) is 6.07 Å². The predicted molar refractivity (Wildman–Crippen MR) is 93.7 cm³/mol. The SMILES string of the molecule is CC(=O)N(CC(=O)Nc1cccc(C#N)c1)c1cccc(C)c1C. The number of amides is 2. The van der Waals surface area contributed by atoms with Crippen molar-refractivity contribution in [2.24, 2.45) is 0 Å². The van der Waals surface area contributed by atoms with Gasteiger partial charge < -0.3 is 10.2 Å². The zero-order valence-corrected chi connectivity index (χ0v) is 14.0. The first-order chi connectivity index (χ1) is 11.4. The Morgan fingerprint density at radius 2 is 1.88 bits per heavy atom. The van der Waals surface area contributed by atoms with E-state index in [0.717, 1.165) is 16.8 Å². The zero-order valence-electron chi connectivity index (χ0n) is 14.0. The summed E-state index contributed by atoms with van der Waals surface area (Å²) in [6.45, 7) is 5.24. The van der Waals surface area contributed by atoms with Crippen LogP contribution in [0.2, 0.25) is 0 Å². The Balaban J connectivity index is 2.19. The van der Waals surface area contributed by atoms with Gasteiger partial charge in [-0.1, -0.05) is 18.2 Å². The molecule has 0 unspecified atom stereocenters. The van der Waals surface area contributed by atoms with Crippen molar-refractivity contribution in [1.29, 1.82) is 5.26 Å². The predicted octanol–water partition coefficient (Wildman–Crippen LogP) is 3.17. The third-order valence-electron chi connectivity index (χ3n) is 3.82. The van der Waals surface area contributed by atoms with Gasteiger partial charge in [-0.15, -0.1) is 0 Å². The molecular formula is C19H19N3O2. The van der Waals surface area contributed by atoms with Crippen molar-refractivity contribution in [3.63, 3.8) is 0 Å². The van der Waals surface area contributed by atoms with E-state index in [1.165, 1.54) is 11.8 Å². The lowest BCUT2D eigenvalue weighted by Crippen LogP contribution is -2.37. The summed E-state index contributed by atoms with van der Waals surface area (Å²) in [5, 5.41) is 11.6. The minimum absolute atomic E-state index is 0.0869. The third kappa shape index (κ3) is 3.99. The lowest BCUT2D eigenvalue weighted by molar-refractivity contribution is -0.120. The van der Waals surface area contributed by atoms with Gasteiger partial charge in [0.05, 0.1) is 11.6 Å². The fourth-order valence-corrected chi connectivity index (χ4v) is 2.40. The van der Waals surface area contributed by atoms with Crippen LogP contribution >= 0.6 is 0 Å². The number of carbonyl (C=O) groups excluding carboxylic acids is 2. The summed E-state index contributed by atoms with van der Waals surface area (Å²) in [7, 11) is 0. The van der Waals surface area contributed by atoms with Crippen LogP contribution < -0.4 is 10.2 Å². The van der Waals surface area contributed by atoms with Gasteiger partial charge in [0.2, 0.25) is 11.8 Å². The number of benzene rings is 2. The van der Waals surface area contributed by atoms with Gasteiger partial charge in [-0.3, -0.25) is 9.59 Å². The molecule has 0 aliphatic heterocycles. The maximum absolute atomic E-state index is 12.3. The number of nitrogens with one attached hydrogen (secondary N) is 1. The maximum atomic E-state index is 12.3. The Labute approximate surface area is 141 Å². The Morgan fingerprint density at radius 3 is 2.54 bits per heavy atom. The second-order valence-electron chi connectivity index (χ2n) is 5.56. The van der Waals surface area contributed by atoms with Gasteiger partial charge in [-0.2, -0.15) is 5.26 Å². The van der Waals surface area contributed by atoms with Gasteiger partial charge in [0.1, 0.15) is 6.54 Å². The highest BCUT2D eigenvalue weighted by Gasteiger charge is 2.18. The van der Waals surface area contributed by atoms with Crippen molar-refractivity contribution in [2.45, 2.75) is 20.8 Å². The van der Waals surface area contributed by atoms with Crippen molar-refractivity contribution >= 4 is 23.2 Å². The van der Waals surface area contributed by atoms with Crippen LogP contribution in [0.5, 0.6) is 0 Å². The van der Waals surface area contributed by atoms with Gasteiger partial charge in [0.15, 0.2) is 0 Å². The van der Waals surface area contributed by atoms with Crippen LogP contribution in [0.15, 0.2) is 42.5 Å². The Bertz CT molecular complexity index is 822. The molecule has 0 radical (unpaired) electrons. The van der Waals surface area contributed by atoms with Crippen molar-refractivity contribution in [3.05, 3.63) is 59.2 Å². The molecule has 0 aromatic heterocycles. The molecule has 0 heterocycles. The number of hydrogen-bond acceptors (Lipinski definition) is 3. The molecule has 0 atom stereocenters. The fourth-order valence-electron chi connectivity index (χ4n) is 2.40. The number of nitrogens with zero attached hydrogens (tertiary/aromatic N) is 2. The van der Waals surface area contributed by atoms with E-state index in [1.54, 1.807) is 24.3 Å². The average molecular weight is 321 g/mol. The number of aryl methyl sites for hydroxylation is 1. The standard InChI is InChI=1S/C19H19N3O2/c1-13-6-4-9-18(14(13)2)22(15(3)23)12-19(24)21-17-8-5-7-16(10-17)11-20/h4-10H,12H2,1-3H3,(H,21,24). The molecule has 2 aromatic rings. The molecule has 2 aromatic carbocycles. The van der Waals surface area contributed by atoms with E-state index in [-0.39, 0.29) is 18.4 Å². The van der Waals surface area contributed by atoms with Crippen molar-refractivity contribution in [1.82, 2.24) is 0 Å². The summed E-state index contributed by atoms with van der Waals surface area (Å²) in [6.07, 6.45) is 0. The van der Waals surface area contributed by atoms with Crippen LogP contribution in [0.1, 0.15) is 23.6 Å². The molecule has 0 spiro atoms. The number of hydrogen-bond donors (Lipinski definition) is 1. The van der Waals surface area contributed by atoms with Crippen LogP contribution in [0, 0.1) is 25.2 Å². The van der Waals surface area contributed by atoms with Crippen molar-refractivity contribution < 1.29 is 9.59 Å². The minimum Gasteiger partial charge on any atom is -0.324 e. The Morgan fingerprint density at radius 1 is 1.17 bits per heavy atom. The molecule has 0 aliphatic carbocycles. The van der Waals surface area contributed by atoms with Crippen LogP contribution in [-0.2, 0) is 9.59 Å². The van der Waals surface area contributed by atoms with E-state index in [1.807, 2.05) is 38.1 Å². The van der Waals surface area contributed by atoms with Crippen LogP contribution in [-0.4, -0.2) is 18.4 Å². The Kier molecular flexibility index (Phi) is 5.33. The van der Waals surface area contributed by atoms with Crippen LogP contribution in [0.25, 0.3) is 0 Å². The lowest BCUT2D eigenvalue weighted by atomic mass is 10.1. The molecular weight excluding hydrogens is 302 g/mol. The molecule has 0 fully saturated rings. The topological polar surface area (TPSA) is 73.2 Å². The molecule has 2 amide bonds. The molecule has 24 heavy (non-hydrogen) atoms. The van der Waals surface area contributed by atoms with Gasteiger partial charge >= 0.3 is 0 Å². The van der Waals surface area contributed by atoms with Gasteiger partial charge in [0.25, 0.3) is 0 Å². The second-order valence-corrected chi connectivity index (χ2v) is 5.56. The Hall–Kier alpha value is -3.13. The molecule has 0 aliphatic rings. The highest BCUT2D eigenvalue weighted by molar-refractivity contribution is 6.02. The number of carbonyl (C=O) groups is 2. The molecule has 0 bridgehead atoms. The summed E-state index contributed by atoms with van der Waals surface area (Å²) in [6, 6.07) is 14.3. The summed E-state index contributed by atoms with van der Waals surface area (Å²) < 4.78 is 0. The van der Waals surface area contributed by atoms with Crippen molar-refractivity contribution in [2.75, 3.05) is 16.8 Å². The highest BCUT2D eigenvalue weighted by atomic mass is 16.2. The largest absolute Gasteiger partial charge is 0.324 e. The summed E-state index contributed by atoms with van der Waals surface area (Å²) >= 11 is 0. The van der Waals surface area contributed by atoms with Crippen LogP contribution in [0.4, 0.5) is 11.4 Å². The van der Waals surface area contributed by atoms with E-state index >= 15 is 0 Å². The zero-order chi connectivity index (χ0) is 17.7. The smallest absolute Gasteiger partial charge is 0.244 e. The maximum Gasteiger partial charge on any atom is 0.244 e. The number of anilines is 2. The molecule has 5 nitrogen and oxygen atoms in total. The van der Waals surface area contributed by atoms with Crippen LogP contribution in [0.3, 0.4) is 0 Å². The first-order valence-corrected chi connectivity index (χ1v) is 7.56. The van der Waals surface area contributed by atoms with Gasteiger partial charge in [-0.05, 0) is 49.2 Å².